The summed E-state index contributed by atoms with van der Waals surface area (Å²) in [5.41, 5.74) is 1.75. The van der Waals surface area contributed by atoms with Crippen molar-refractivity contribution in [1.29, 1.82) is 0 Å². The molecule has 0 aliphatic heterocycles. The molecule has 1 aromatic heterocycles. The lowest BCUT2D eigenvalue weighted by molar-refractivity contribution is 0.705. The van der Waals surface area contributed by atoms with Crippen LogP contribution in [0.1, 0.15) is 12.6 Å². The fraction of sp³-hybridized carbons (Fsp3) is 0.273. The van der Waals surface area contributed by atoms with Crippen LogP contribution in [0.15, 0.2) is 30.5 Å². The fourth-order valence-corrected chi connectivity index (χ4v) is 1.61. The first-order valence-electron chi connectivity index (χ1n) is 5.18. The summed E-state index contributed by atoms with van der Waals surface area (Å²) in [6.45, 7) is 3.69. The van der Waals surface area contributed by atoms with Gasteiger partial charge in [-0.15, -0.1) is 5.10 Å². The van der Waals surface area contributed by atoms with E-state index in [1.807, 2.05) is 30.5 Å². The minimum Gasteiger partial charge on any atom is -0.311 e. The number of halogens is 1. The summed E-state index contributed by atoms with van der Waals surface area (Å²) in [4.78, 5) is 0. The highest BCUT2D eigenvalue weighted by Gasteiger charge is 2.04. The van der Waals surface area contributed by atoms with E-state index in [0.717, 1.165) is 24.5 Å². The van der Waals surface area contributed by atoms with Crippen molar-refractivity contribution in [2.45, 2.75) is 13.5 Å². The molecule has 0 radical (unpaired) electrons. The number of para-hydroxylation sites is 1. The lowest BCUT2D eigenvalue weighted by Gasteiger charge is -2.01. The van der Waals surface area contributed by atoms with E-state index in [9.17, 15) is 0 Å². The molecule has 2 aromatic rings. The highest BCUT2D eigenvalue weighted by molar-refractivity contribution is 6.32. The van der Waals surface area contributed by atoms with Crippen LogP contribution < -0.4 is 5.32 Å². The molecule has 0 amide bonds. The molecule has 0 saturated carbocycles. The van der Waals surface area contributed by atoms with Crippen LogP contribution in [-0.2, 0) is 6.54 Å². The first-order chi connectivity index (χ1) is 7.81. The van der Waals surface area contributed by atoms with Gasteiger partial charge in [0, 0.05) is 6.54 Å². The molecule has 0 bridgehead atoms. The summed E-state index contributed by atoms with van der Waals surface area (Å²) in [5, 5.41) is 12.0. The third-order valence-electron chi connectivity index (χ3n) is 2.20. The number of nitrogens with one attached hydrogen (secondary N) is 1. The van der Waals surface area contributed by atoms with E-state index in [1.165, 1.54) is 0 Å². The molecule has 0 aliphatic rings. The average Bonchev–Trinajstić information content (AvgIpc) is 2.75. The molecule has 84 valence electrons. The van der Waals surface area contributed by atoms with Crippen molar-refractivity contribution in [3.05, 3.63) is 41.2 Å². The van der Waals surface area contributed by atoms with E-state index >= 15 is 0 Å². The van der Waals surface area contributed by atoms with Gasteiger partial charge in [0.15, 0.2) is 0 Å². The molecule has 4 nitrogen and oxygen atoms in total. The van der Waals surface area contributed by atoms with Crippen molar-refractivity contribution in [3.8, 4) is 5.69 Å². The standard InChI is InChI=1S/C11H13ClN4/c1-2-13-7-9-8-16(15-14-9)11-6-4-3-5-10(11)12/h3-6,8,13H,2,7H2,1H3. The Morgan fingerprint density at radius 1 is 1.38 bits per heavy atom. The minimum absolute atomic E-state index is 0.669. The maximum absolute atomic E-state index is 6.07. The highest BCUT2D eigenvalue weighted by Crippen LogP contribution is 2.18. The number of nitrogens with zero attached hydrogens (tertiary/aromatic N) is 3. The number of rotatable bonds is 4. The summed E-state index contributed by atoms with van der Waals surface area (Å²) in [6.07, 6.45) is 1.88. The van der Waals surface area contributed by atoms with Crippen LogP contribution in [-0.4, -0.2) is 21.5 Å². The quantitative estimate of drug-likeness (QED) is 0.884. The van der Waals surface area contributed by atoms with Gasteiger partial charge in [0.05, 0.1) is 22.6 Å². The molecular weight excluding hydrogens is 224 g/mol. The predicted octanol–water partition coefficient (Wildman–Crippen LogP) is 2.03. The Kier molecular flexibility index (Phi) is 3.54. The summed E-state index contributed by atoms with van der Waals surface area (Å²) in [6, 6.07) is 7.56. The van der Waals surface area contributed by atoms with Crippen molar-refractivity contribution < 1.29 is 0 Å². The van der Waals surface area contributed by atoms with Gasteiger partial charge in [0.25, 0.3) is 0 Å². The lowest BCUT2D eigenvalue weighted by Crippen LogP contribution is -2.11. The molecule has 5 heteroatoms. The van der Waals surface area contributed by atoms with Gasteiger partial charge in [-0.2, -0.15) is 0 Å². The molecule has 0 atom stereocenters. The molecule has 0 spiro atoms. The lowest BCUT2D eigenvalue weighted by atomic mass is 10.3. The SMILES string of the molecule is CCNCc1cn(-c2ccccc2Cl)nn1. The molecule has 1 N–H and O–H groups in total. The normalized spacial score (nSPS) is 10.6. The van der Waals surface area contributed by atoms with Gasteiger partial charge >= 0.3 is 0 Å². The predicted molar refractivity (Wildman–Crippen MR) is 63.7 cm³/mol. The Labute approximate surface area is 99.2 Å². The molecule has 1 heterocycles. The second kappa shape index (κ2) is 5.09. The van der Waals surface area contributed by atoms with Gasteiger partial charge in [0.1, 0.15) is 0 Å². The second-order valence-corrected chi connectivity index (χ2v) is 3.79. The zero-order valence-electron chi connectivity index (χ0n) is 9.02. The van der Waals surface area contributed by atoms with Crippen LogP contribution >= 0.6 is 11.6 Å². The third-order valence-corrected chi connectivity index (χ3v) is 2.52. The van der Waals surface area contributed by atoms with Gasteiger partial charge in [-0.3, -0.25) is 0 Å². The van der Waals surface area contributed by atoms with Gasteiger partial charge < -0.3 is 5.32 Å². The van der Waals surface area contributed by atoms with E-state index in [4.69, 9.17) is 11.6 Å². The van der Waals surface area contributed by atoms with Crippen molar-refractivity contribution in [1.82, 2.24) is 20.3 Å². The highest BCUT2D eigenvalue weighted by atomic mass is 35.5. The first kappa shape index (κ1) is 11.1. The number of hydrogen-bond acceptors (Lipinski definition) is 3. The van der Waals surface area contributed by atoms with Crippen LogP contribution in [0.5, 0.6) is 0 Å². The van der Waals surface area contributed by atoms with Crippen LogP contribution in [0, 0.1) is 0 Å². The van der Waals surface area contributed by atoms with Crippen LogP contribution in [0.2, 0.25) is 5.02 Å². The topological polar surface area (TPSA) is 42.7 Å². The molecule has 16 heavy (non-hydrogen) atoms. The van der Waals surface area contributed by atoms with Gasteiger partial charge in [-0.25, -0.2) is 4.68 Å². The maximum atomic E-state index is 6.07. The first-order valence-corrected chi connectivity index (χ1v) is 5.56. The Morgan fingerprint density at radius 2 is 2.19 bits per heavy atom. The van der Waals surface area contributed by atoms with E-state index in [-0.39, 0.29) is 0 Å². The zero-order valence-corrected chi connectivity index (χ0v) is 9.78. The van der Waals surface area contributed by atoms with Gasteiger partial charge in [0.2, 0.25) is 0 Å². The van der Waals surface area contributed by atoms with E-state index in [1.54, 1.807) is 4.68 Å². The van der Waals surface area contributed by atoms with Gasteiger partial charge in [-0.1, -0.05) is 35.9 Å². The summed E-state index contributed by atoms with van der Waals surface area (Å²) < 4.78 is 1.69. The van der Waals surface area contributed by atoms with Crippen molar-refractivity contribution in [2.24, 2.45) is 0 Å². The van der Waals surface area contributed by atoms with E-state index in [2.05, 4.69) is 22.6 Å². The molecule has 0 unspecified atom stereocenters. The summed E-state index contributed by atoms with van der Waals surface area (Å²) in [7, 11) is 0. The molecule has 0 saturated heterocycles. The third kappa shape index (κ3) is 2.40. The largest absolute Gasteiger partial charge is 0.311 e. The second-order valence-electron chi connectivity index (χ2n) is 3.39. The van der Waals surface area contributed by atoms with Crippen LogP contribution in [0.25, 0.3) is 5.69 Å². The minimum atomic E-state index is 0.669. The molecule has 0 fully saturated rings. The Bertz CT molecular complexity index is 467. The molecule has 1 aromatic carbocycles. The Morgan fingerprint density at radius 3 is 2.94 bits per heavy atom. The van der Waals surface area contributed by atoms with Crippen molar-refractivity contribution in [2.75, 3.05) is 6.54 Å². The monoisotopic (exact) mass is 236 g/mol. The van der Waals surface area contributed by atoms with Crippen LogP contribution in [0.3, 0.4) is 0 Å². The van der Waals surface area contributed by atoms with Crippen LogP contribution in [0.4, 0.5) is 0 Å². The van der Waals surface area contributed by atoms with Crippen molar-refractivity contribution >= 4 is 11.6 Å². The number of hydrogen-bond donors (Lipinski definition) is 1. The molecular formula is C11H13ClN4. The van der Waals surface area contributed by atoms with E-state index < -0.39 is 0 Å². The Hall–Kier alpha value is -1.39. The zero-order chi connectivity index (χ0) is 11.4. The molecule has 0 aliphatic carbocycles. The number of benzene rings is 1. The average molecular weight is 237 g/mol. The summed E-state index contributed by atoms with van der Waals surface area (Å²) in [5.74, 6) is 0. The summed E-state index contributed by atoms with van der Waals surface area (Å²) >= 11 is 6.07. The van der Waals surface area contributed by atoms with Crippen molar-refractivity contribution in [3.63, 3.8) is 0 Å². The Balaban J connectivity index is 2.22. The maximum Gasteiger partial charge on any atom is 0.0969 e. The number of aromatic nitrogens is 3. The molecule has 2 rings (SSSR count). The fourth-order valence-electron chi connectivity index (χ4n) is 1.39. The smallest absolute Gasteiger partial charge is 0.0969 e. The van der Waals surface area contributed by atoms with E-state index in [0.29, 0.717) is 5.02 Å². The van der Waals surface area contributed by atoms with Gasteiger partial charge in [-0.05, 0) is 18.7 Å².